The molecule has 0 N–H and O–H groups in total. The van der Waals surface area contributed by atoms with Crippen LogP contribution in [0.2, 0.25) is 0 Å². The number of benzene rings is 1. The molecule has 7 nitrogen and oxygen atoms in total. The molecule has 1 atom stereocenters. The molecule has 28 heavy (non-hydrogen) atoms. The molecule has 0 unspecified atom stereocenters. The Balaban J connectivity index is 1.84. The van der Waals surface area contributed by atoms with E-state index in [0.717, 1.165) is 28.1 Å². The number of carbonyl (C=O) groups is 1. The molecule has 1 aliphatic heterocycles. The zero-order valence-electron chi connectivity index (χ0n) is 17.2. The fraction of sp³-hybridized carbons (Fsp3) is 0.476. The monoisotopic (exact) mass is 386 g/mol. The number of ether oxygens (including phenoxy) is 4. The van der Waals surface area contributed by atoms with Crippen molar-refractivity contribution >= 4 is 5.97 Å². The van der Waals surface area contributed by atoms with E-state index in [-0.39, 0.29) is 12.1 Å². The Kier molecular flexibility index (Phi) is 5.67. The van der Waals surface area contributed by atoms with Gasteiger partial charge in [0, 0.05) is 5.56 Å². The van der Waals surface area contributed by atoms with Crippen molar-refractivity contribution in [2.75, 3.05) is 20.3 Å². The third-order valence-corrected chi connectivity index (χ3v) is 4.72. The van der Waals surface area contributed by atoms with Gasteiger partial charge in [-0.05, 0) is 51.8 Å². The number of nitrogens with zero attached hydrogens (tertiary/aromatic N) is 2. The first kappa shape index (κ1) is 20.2. The van der Waals surface area contributed by atoms with E-state index < -0.39 is 5.79 Å². The van der Waals surface area contributed by atoms with Crippen LogP contribution in [0, 0.1) is 20.8 Å². The minimum atomic E-state index is -0.591. The summed E-state index contributed by atoms with van der Waals surface area (Å²) >= 11 is 0. The summed E-state index contributed by atoms with van der Waals surface area (Å²) in [5.41, 5.74) is 4.70. The highest BCUT2D eigenvalue weighted by molar-refractivity contribution is 5.93. The molecular formula is C21H26N2O5. The number of carbonyl (C=O) groups excluding carboxylic acids is 1. The lowest BCUT2D eigenvalue weighted by molar-refractivity contribution is -0.141. The Morgan fingerprint density at radius 3 is 2.46 bits per heavy atom. The summed E-state index contributed by atoms with van der Waals surface area (Å²) in [7, 11) is 1.38. The van der Waals surface area contributed by atoms with E-state index in [4.69, 9.17) is 18.9 Å². The molecule has 0 radical (unpaired) electrons. The second kappa shape index (κ2) is 7.85. The Morgan fingerprint density at radius 2 is 1.89 bits per heavy atom. The van der Waals surface area contributed by atoms with Crippen molar-refractivity contribution in [2.24, 2.45) is 0 Å². The van der Waals surface area contributed by atoms with Gasteiger partial charge in [0.15, 0.2) is 5.79 Å². The molecule has 0 saturated carbocycles. The molecule has 2 aromatic rings. The van der Waals surface area contributed by atoms with Crippen molar-refractivity contribution < 1.29 is 23.7 Å². The van der Waals surface area contributed by atoms with Crippen molar-refractivity contribution in [2.45, 2.75) is 46.5 Å². The Bertz CT molecular complexity index is 871. The molecular weight excluding hydrogens is 360 g/mol. The molecule has 1 aromatic heterocycles. The average Bonchev–Trinajstić information content (AvgIpc) is 2.99. The maximum atomic E-state index is 12.0. The number of hydrogen-bond acceptors (Lipinski definition) is 7. The average molecular weight is 386 g/mol. The minimum absolute atomic E-state index is 0.155. The number of rotatable bonds is 5. The highest BCUT2D eigenvalue weighted by atomic mass is 16.7. The van der Waals surface area contributed by atoms with E-state index in [2.05, 4.69) is 9.97 Å². The van der Waals surface area contributed by atoms with E-state index in [9.17, 15) is 4.79 Å². The van der Waals surface area contributed by atoms with Crippen LogP contribution >= 0.6 is 0 Å². The largest absolute Gasteiger partial charge is 0.465 e. The topological polar surface area (TPSA) is 79.8 Å². The summed E-state index contributed by atoms with van der Waals surface area (Å²) < 4.78 is 21.9. The zero-order valence-corrected chi connectivity index (χ0v) is 17.2. The molecule has 3 rings (SSSR count). The van der Waals surface area contributed by atoms with E-state index in [1.54, 1.807) is 6.07 Å². The molecule has 1 aromatic carbocycles. The number of aromatic nitrogens is 2. The van der Waals surface area contributed by atoms with Crippen molar-refractivity contribution in [3.8, 4) is 17.1 Å². The summed E-state index contributed by atoms with van der Waals surface area (Å²) in [6, 6.07) is 5.83. The molecule has 1 aliphatic rings. The quantitative estimate of drug-likeness (QED) is 0.729. The van der Waals surface area contributed by atoms with Crippen LogP contribution < -0.4 is 4.74 Å². The lowest BCUT2D eigenvalue weighted by Gasteiger charge is -2.18. The molecule has 0 aliphatic carbocycles. The standard InChI is InChI=1S/C21H26N2O5/c1-12-16(8-7-9-17(12)19(24)25-6)18-13(2)22-20(23-14(18)3)26-10-15-11-27-21(4,5)28-15/h7-9,15H,10-11H2,1-6H3/t15-/m1/s1. The summed E-state index contributed by atoms with van der Waals surface area (Å²) in [5, 5.41) is 0. The van der Waals surface area contributed by atoms with Crippen LogP contribution in [0.4, 0.5) is 0 Å². The van der Waals surface area contributed by atoms with E-state index in [0.29, 0.717) is 24.8 Å². The molecule has 1 saturated heterocycles. The summed E-state index contributed by atoms with van der Waals surface area (Å²) in [4.78, 5) is 21.0. The van der Waals surface area contributed by atoms with Crippen LogP contribution in [0.3, 0.4) is 0 Å². The molecule has 1 fully saturated rings. The fourth-order valence-corrected chi connectivity index (χ4v) is 3.39. The van der Waals surface area contributed by atoms with Gasteiger partial charge in [0.05, 0.1) is 30.7 Å². The highest BCUT2D eigenvalue weighted by Gasteiger charge is 2.33. The van der Waals surface area contributed by atoms with Crippen molar-refractivity contribution in [1.82, 2.24) is 9.97 Å². The maximum Gasteiger partial charge on any atom is 0.338 e. The van der Waals surface area contributed by atoms with E-state index >= 15 is 0 Å². The lowest BCUT2D eigenvalue weighted by Crippen LogP contribution is -2.25. The van der Waals surface area contributed by atoms with Gasteiger partial charge in [-0.25, -0.2) is 4.79 Å². The third kappa shape index (κ3) is 4.15. The van der Waals surface area contributed by atoms with Crippen LogP contribution in [0.25, 0.3) is 11.1 Å². The summed E-state index contributed by atoms with van der Waals surface area (Å²) in [6.45, 7) is 10.2. The predicted octanol–water partition coefficient (Wildman–Crippen LogP) is 3.39. The van der Waals surface area contributed by atoms with Crippen LogP contribution in [-0.2, 0) is 14.2 Å². The van der Waals surface area contributed by atoms with Gasteiger partial charge in [-0.3, -0.25) is 0 Å². The van der Waals surface area contributed by atoms with E-state index in [1.165, 1.54) is 7.11 Å². The summed E-state index contributed by atoms with van der Waals surface area (Å²) in [5.74, 6) is -0.954. The number of esters is 1. The smallest absolute Gasteiger partial charge is 0.338 e. The molecule has 0 amide bonds. The molecule has 2 heterocycles. The second-order valence-electron chi connectivity index (χ2n) is 7.28. The van der Waals surface area contributed by atoms with Gasteiger partial charge in [-0.15, -0.1) is 0 Å². The third-order valence-electron chi connectivity index (χ3n) is 4.72. The maximum absolute atomic E-state index is 12.0. The first-order chi connectivity index (χ1) is 13.2. The molecule has 150 valence electrons. The Hall–Kier alpha value is -2.51. The van der Waals surface area contributed by atoms with Gasteiger partial charge in [0.2, 0.25) is 0 Å². The fourth-order valence-electron chi connectivity index (χ4n) is 3.39. The number of aryl methyl sites for hydroxylation is 2. The van der Waals surface area contributed by atoms with Crippen molar-refractivity contribution in [3.63, 3.8) is 0 Å². The van der Waals surface area contributed by atoms with Gasteiger partial charge in [-0.1, -0.05) is 12.1 Å². The van der Waals surface area contributed by atoms with Gasteiger partial charge >= 0.3 is 12.0 Å². The Labute approximate surface area is 165 Å². The van der Waals surface area contributed by atoms with Crippen molar-refractivity contribution in [1.29, 1.82) is 0 Å². The normalized spacial score (nSPS) is 18.1. The van der Waals surface area contributed by atoms with Gasteiger partial charge < -0.3 is 18.9 Å². The van der Waals surface area contributed by atoms with Crippen molar-refractivity contribution in [3.05, 3.63) is 40.7 Å². The summed E-state index contributed by atoms with van der Waals surface area (Å²) in [6.07, 6.45) is -0.155. The number of methoxy groups -OCH3 is 1. The van der Waals surface area contributed by atoms with E-state index in [1.807, 2.05) is 46.8 Å². The Morgan fingerprint density at radius 1 is 1.21 bits per heavy atom. The van der Waals surface area contributed by atoms with Crippen LogP contribution in [-0.4, -0.2) is 48.2 Å². The first-order valence-electron chi connectivity index (χ1n) is 9.20. The molecule has 0 spiro atoms. The van der Waals surface area contributed by atoms with Crippen LogP contribution in [0.5, 0.6) is 6.01 Å². The van der Waals surface area contributed by atoms with Crippen LogP contribution in [0.1, 0.15) is 41.2 Å². The van der Waals surface area contributed by atoms with Gasteiger partial charge in [0.1, 0.15) is 12.7 Å². The SMILES string of the molecule is COC(=O)c1cccc(-c2c(C)nc(OC[C@@H]3COC(C)(C)O3)nc2C)c1C. The van der Waals surface area contributed by atoms with Gasteiger partial charge in [0.25, 0.3) is 0 Å². The molecule has 0 bridgehead atoms. The molecule has 7 heteroatoms. The van der Waals surface area contributed by atoms with Gasteiger partial charge in [-0.2, -0.15) is 9.97 Å². The predicted molar refractivity (Wildman–Crippen MR) is 103 cm³/mol. The second-order valence-corrected chi connectivity index (χ2v) is 7.28. The highest BCUT2D eigenvalue weighted by Crippen LogP contribution is 2.31. The first-order valence-corrected chi connectivity index (χ1v) is 9.20. The van der Waals surface area contributed by atoms with Crippen LogP contribution in [0.15, 0.2) is 18.2 Å². The zero-order chi connectivity index (χ0) is 20.5. The number of hydrogen-bond donors (Lipinski definition) is 0. The lowest BCUT2D eigenvalue weighted by atomic mass is 9.94. The minimum Gasteiger partial charge on any atom is -0.465 e.